The average Bonchev–Trinajstić information content (AvgIpc) is 2.21. The van der Waals surface area contributed by atoms with Crippen molar-refractivity contribution in [2.24, 2.45) is 5.92 Å². The van der Waals surface area contributed by atoms with E-state index in [0.717, 1.165) is 18.5 Å². The third kappa shape index (κ3) is 2.53. The third-order valence-corrected chi connectivity index (χ3v) is 3.38. The van der Waals surface area contributed by atoms with Crippen molar-refractivity contribution in [3.63, 3.8) is 0 Å². The van der Waals surface area contributed by atoms with Crippen LogP contribution in [0.4, 0.5) is 4.39 Å². The van der Waals surface area contributed by atoms with E-state index in [1.54, 1.807) is 25.1 Å². The fourth-order valence-corrected chi connectivity index (χ4v) is 2.34. The lowest BCUT2D eigenvalue weighted by atomic mass is 9.81. The van der Waals surface area contributed by atoms with Crippen molar-refractivity contribution in [3.05, 3.63) is 29.8 Å². The zero-order valence-electron chi connectivity index (χ0n) is 9.54. The molecule has 1 aromatic carbocycles. The Morgan fingerprint density at radius 3 is 3.06 bits per heavy atom. The van der Waals surface area contributed by atoms with Crippen LogP contribution in [0.3, 0.4) is 0 Å². The third-order valence-electron chi connectivity index (χ3n) is 3.38. The average molecular weight is 223 g/mol. The van der Waals surface area contributed by atoms with Gasteiger partial charge in [0.2, 0.25) is 0 Å². The Balaban J connectivity index is 2.08. The lowest BCUT2D eigenvalue weighted by Crippen LogP contribution is -2.47. The summed E-state index contributed by atoms with van der Waals surface area (Å²) in [6.45, 7) is 2.96. The molecular formula is C13H18FNO. The van der Waals surface area contributed by atoms with Gasteiger partial charge in [0.15, 0.2) is 0 Å². The van der Waals surface area contributed by atoms with Crippen molar-refractivity contribution in [3.8, 4) is 5.75 Å². The van der Waals surface area contributed by atoms with Crippen LogP contribution in [0.2, 0.25) is 0 Å². The second-order valence-corrected chi connectivity index (χ2v) is 4.81. The van der Waals surface area contributed by atoms with Crippen molar-refractivity contribution >= 4 is 0 Å². The largest absolute Gasteiger partial charge is 0.508 e. The number of phenolic OH excluding ortho intramolecular Hbond substituents is 1. The zero-order valence-corrected chi connectivity index (χ0v) is 9.54. The standard InChI is InChI=1S/C13H18FNO/c1-13(14)9-15-6-5-11(13)7-10-3-2-4-12(16)8-10/h2-4,8,11,15-16H,5-7,9H2,1H3. The minimum absolute atomic E-state index is 0.0375. The van der Waals surface area contributed by atoms with Gasteiger partial charge in [0.05, 0.1) is 0 Å². The molecule has 2 N–H and O–H groups in total. The van der Waals surface area contributed by atoms with E-state index in [4.69, 9.17) is 0 Å². The smallest absolute Gasteiger partial charge is 0.123 e. The molecule has 1 saturated heterocycles. The predicted molar refractivity (Wildman–Crippen MR) is 62.3 cm³/mol. The number of piperidine rings is 1. The fourth-order valence-electron chi connectivity index (χ4n) is 2.34. The maximum Gasteiger partial charge on any atom is 0.123 e. The summed E-state index contributed by atoms with van der Waals surface area (Å²) in [6.07, 6.45) is 1.55. The van der Waals surface area contributed by atoms with Crippen molar-refractivity contribution in [1.82, 2.24) is 5.32 Å². The lowest BCUT2D eigenvalue weighted by molar-refractivity contribution is 0.0712. The Morgan fingerprint density at radius 1 is 1.56 bits per heavy atom. The summed E-state index contributed by atoms with van der Waals surface area (Å²) in [5.41, 5.74) is -0.139. The van der Waals surface area contributed by atoms with Crippen molar-refractivity contribution in [2.45, 2.75) is 25.4 Å². The van der Waals surface area contributed by atoms with Crippen LogP contribution in [-0.4, -0.2) is 23.9 Å². The molecule has 2 nitrogen and oxygen atoms in total. The van der Waals surface area contributed by atoms with Crippen LogP contribution in [0, 0.1) is 5.92 Å². The first-order chi connectivity index (χ1) is 7.58. The van der Waals surface area contributed by atoms with Crippen molar-refractivity contribution in [1.29, 1.82) is 0 Å². The molecule has 16 heavy (non-hydrogen) atoms. The zero-order chi connectivity index (χ0) is 11.6. The van der Waals surface area contributed by atoms with Gasteiger partial charge in [-0.1, -0.05) is 12.1 Å². The summed E-state index contributed by atoms with van der Waals surface area (Å²) in [6, 6.07) is 7.11. The Hall–Kier alpha value is -1.09. The number of phenols is 1. The first kappa shape index (κ1) is 11.4. The summed E-state index contributed by atoms with van der Waals surface area (Å²) in [7, 11) is 0. The van der Waals surface area contributed by atoms with Gasteiger partial charge in [-0.2, -0.15) is 0 Å². The number of benzene rings is 1. The van der Waals surface area contributed by atoms with E-state index in [9.17, 15) is 9.50 Å². The van der Waals surface area contributed by atoms with Crippen molar-refractivity contribution < 1.29 is 9.50 Å². The van der Waals surface area contributed by atoms with E-state index in [0.29, 0.717) is 13.0 Å². The molecule has 0 radical (unpaired) electrons. The van der Waals surface area contributed by atoms with E-state index in [1.165, 1.54) is 0 Å². The first-order valence-electron chi connectivity index (χ1n) is 5.75. The van der Waals surface area contributed by atoms with Crippen LogP contribution in [0.1, 0.15) is 18.9 Å². The highest BCUT2D eigenvalue weighted by Gasteiger charge is 2.36. The first-order valence-corrected chi connectivity index (χ1v) is 5.75. The summed E-state index contributed by atoms with van der Waals surface area (Å²) in [5, 5.41) is 12.4. The molecule has 1 aliphatic rings. The normalized spacial score (nSPS) is 30.2. The highest BCUT2D eigenvalue weighted by Crippen LogP contribution is 2.31. The van der Waals surface area contributed by atoms with Gasteiger partial charge in [-0.05, 0) is 49.9 Å². The van der Waals surface area contributed by atoms with E-state index in [2.05, 4.69) is 5.32 Å². The SMILES string of the molecule is CC1(F)CNCCC1Cc1cccc(O)c1. The molecule has 3 heteroatoms. The molecule has 1 fully saturated rings. The topological polar surface area (TPSA) is 32.3 Å². The number of nitrogens with one attached hydrogen (secondary N) is 1. The molecule has 0 amide bonds. The molecule has 0 spiro atoms. The number of halogens is 1. The van der Waals surface area contributed by atoms with Crippen LogP contribution >= 0.6 is 0 Å². The molecule has 88 valence electrons. The van der Waals surface area contributed by atoms with E-state index in [-0.39, 0.29) is 11.7 Å². The number of aromatic hydroxyl groups is 1. The van der Waals surface area contributed by atoms with E-state index >= 15 is 0 Å². The maximum absolute atomic E-state index is 14.2. The van der Waals surface area contributed by atoms with E-state index < -0.39 is 5.67 Å². The number of hydrogen-bond donors (Lipinski definition) is 2. The molecular weight excluding hydrogens is 205 g/mol. The monoisotopic (exact) mass is 223 g/mol. The Morgan fingerprint density at radius 2 is 2.38 bits per heavy atom. The quantitative estimate of drug-likeness (QED) is 0.806. The number of alkyl halides is 1. The molecule has 1 aromatic rings. The minimum Gasteiger partial charge on any atom is -0.508 e. The van der Waals surface area contributed by atoms with Crippen LogP contribution in [-0.2, 0) is 6.42 Å². The summed E-state index contributed by atoms with van der Waals surface area (Å²) >= 11 is 0. The summed E-state index contributed by atoms with van der Waals surface area (Å²) in [5.74, 6) is 0.294. The van der Waals surface area contributed by atoms with Gasteiger partial charge < -0.3 is 10.4 Å². The van der Waals surface area contributed by atoms with Crippen LogP contribution in [0.5, 0.6) is 5.75 Å². The summed E-state index contributed by atoms with van der Waals surface area (Å²) < 4.78 is 14.2. The number of hydrogen-bond acceptors (Lipinski definition) is 2. The van der Waals surface area contributed by atoms with Gasteiger partial charge >= 0.3 is 0 Å². The Labute approximate surface area is 95.5 Å². The lowest BCUT2D eigenvalue weighted by Gasteiger charge is -2.35. The number of rotatable bonds is 2. The Bertz CT molecular complexity index is 365. The van der Waals surface area contributed by atoms with Gasteiger partial charge in [0.25, 0.3) is 0 Å². The van der Waals surface area contributed by atoms with Crippen LogP contribution in [0.15, 0.2) is 24.3 Å². The molecule has 0 aromatic heterocycles. The molecule has 2 unspecified atom stereocenters. The predicted octanol–water partition coefficient (Wildman–Crippen LogP) is 2.27. The summed E-state index contributed by atoms with van der Waals surface area (Å²) in [4.78, 5) is 0. The highest BCUT2D eigenvalue weighted by molar-refractivity contribution is 5.27. The second kappa shape index (κ2) is 4.42. The molecule has 1 heterocycles. The molecule has 0 bridgehead atoms. The maximum atomic E-state index is 14.2. The van der Waals surface area contributed by atoms with Crippen LogP contribution in [0.25, 0.3) is 0 Å². The van der Waals surface area contributed by atoms with Gasteiger partial charge in [0, 0.05) is 6.54 Å². The molecule has 2 atom stereocenters. The van der Waals surface area contributed by atoms with Crippen molar-refractivity contribution in [2.75, 3.05) is 13.1 Å². The van der Waals surface area contributed by atoms with Gasteiger partial charge in [0.1, 0.15) is 11.4 Å². The molecule has 2 rings (SSSR count). The van der Waals surface area contributed by atoms with Gasteiger partial charge in [-0.3, -0.25) is 0 Å². The van der Waals surface area contributed by atoms with Crippen LogP contribution < -0.4 is 5.32 Å². The molecule has 0 saturated carbocycles. The van der Waals surface area contributed by atoms with Gasteiger partial charge in [-0.25, -0.2) is 4.39 Å². The second-order valence-electron chi connectivity index (χ2n) is 4.81. The van der Waals surface area contributed by atoms with E-state index in [1.807, 2.05) is 6.07 Å². The fraction of sp³-hybridized carbons (Fsp3) is 0.538. The van der Waals surface area contributed by atoms with Gasteiger partial charge in [-0.15, -0.1) is 0 Å². The highest BCUT2D eigenvalue weighted by atomic mass is 19.1. The minimum atomic E-state index is -1.15. The molecule has 1 aliphatic heterocycles. The molecule has 0 aliphatic carbocycles. The Kier molecular flexibility index (Phi) is 3.15.